The standard InChI is InChI=1S/C24H24FNO2/c25-20-6-8-22(9-7-20)28-23-10-11-24(26-14-12-21(27)13-15-26)19(17-23)16-18-4-2-1-3-5-18/h1-11,17,21,27H,12-16H2. The van der Waals surface area contributed by atoms with Crippen molar-refractivity contribution >= 4 is 5.69 Å². The number of rotatable bonds is 5. The van der Waals surface area contributed by atoms with Crippen LogP contribution in [-0.2, 0) is 6.42 Å². The van der Waals surface area contributed by atoms with Crippen LogP contribution in [0.2, 0.25) is 0 Å². The SMILES string of the molecule is OC1CCN(c2ccc(Oc3ccc(F)cc3)cc2Cc2ccccc2)CC1. The maximum absolute atomic E-state index is 13.1. The lowest BCUT2D eigenvalue weighted by molar-refractivity contribution is 0.145. The summed E-state index contributed by atoms with van der Waals surface area (Å²) >= 11 is 0. The molecule has 0 unspecified atom stereocenters. The molecule has 3 aromatic rings. The van der Waals surface area contributed by atoms with Crippen molar-refractivity contribution in [2.75, 3.05) is 18.0 Å². The molecule has 144 valence electrons. The number of piperidine rings is 1. The van der Waals surface area contributed by atoms with Crippen molar-refractivity contribution in [2.24, 2.45) is 0 Å². The summed E-state index contributed by atoms with van der Waals surface area (Å²) in [7, 11) is 0. The molecule has 4 rings (SSSR count). The van der Waals surface area contributed by atoms with E-state index in [1.54, 1.807) is 12.1 Å². The lowest BCUT2D eigenvalue weighted by Crippen LogP contribution is -2.36. The van der Waals surface area contributed by atoms with Gasteiger partial charge in [0.25, 0.3) is 0 Å². The first-order valence-corrected chi connectivity index (χ1v) is 9.71. The molecule has 3 nitrogen and oxygen atoms in total. The van der Waals surface area contributed by atoms with Crippen LogP contribution in [0.5, 0.6) is 11.5 Å². The fourth-order valence-corrected chi connectivity index (χ4v) is 3.64. The summed E-state index contributed by atoms with van der Waals surface area (Å²) in [5.74, 6) is 1.07. The second kappa shape index (κ2) is 8.44. The van der Waals surface area contributed by atoms with Gasteiger partial charge in [0.05, 0.1) is 6.10 Å². The van der Waals surface area contributed by atoms with E-state index < -0.39 is 0 Å². The lowest BCUT2D eigenvalue weighted by atomic mass is 10.00. The highest BCUT2D eigenvalue weighted by atomic mass is 19.1. The van der Waals surface area contributed by atoms with Gasteiger partial charge in [-0.15, -0.1) is 0 Å². The van der Waals surface area contributed by atoms with Gasteiger partial charge in [-0.1, -0.05) is 30.3 Å². The number of ether oxygens (including phenoxy) is 1. The van der Waals surface area contributed by atoms with Crippen LogP contribution >= 0.6 is 0 Å². The first kappa shape index (κ1) is 18.5. The van der Waals surface area contributed by atoms with Crippen molar-refractivity contribution in [3.05, 3.63) is 89.7 Å². The third kappa shape index (κ3) is 4.52. The second-order valence-corrected chi connectivity index (χ2v) is 7.23. The lowest BCUT2D eigenvalue weighted by Gasteiger charge is -2.33. The summed E-state index contributed by atoms with van der Waals surface area (Å²) in [6, 6.07) is 22.5. The molecule has 0 spiro atoms. The molecule has 0 amide bonds. The molecule has 0 aliphatic carbocycles. The average molecular weight is 377 g/mol. The molecule has 3 aromatic carbocycles. The van der Waals surface area contributed by atoms with Crippen LogP contribution in [0, 0.1) is 5.82 Å². The fraction of sp³-hybridized carbons (Fsp3) is 0.250. The quantitative estimate of drug-likeness (QED) is 0.666. The summed E-state index contributed by atoms with van der Waals surface area (Å²) in [5.41, 5.74) is 3.60. The summed E-state index contributed by atoms with van der Waals surface area (Å²) in [5, 5.41) is 9.83. The monoisotopic (exact) mass is 377 g/mol. The zero-order valence-electron chi connectivity index (χ0n) is 15.7. The van der Waals surface area contributed by atoms with Gasteiger partial charge in [-0.05, 0) is 72.9 Å². The molecule has 28 heavy (non-hydrogen) atoms. The van der Waals surface area contributed by atoms with E-state index in [1.807, 2.05) is 24.3 Å². The second-order valence-electron chi connectivity index (χ2n) is 7.23. The molecular weight excluding hydrogens is 353 g/mol. The molecule has 1 fully saturated rings. The molecule has 1 heterocycles. The molecule has 1 N–H and O–H groups in total. The van der Waals surface area contributed by atoms with Crippen LogP contribution in [0.4, 0.5) is 10.1 Å². The molecule has 0 radical (unpaired) electrons. The van der Waals surface area contributed by atoms with Crippen LogP contribution in [0.15, 0.2) is 72.8 Å². The normalized spacial score (nSPS) is 14.9. The Hall–Kier alpha value is -2.85. The minimum Gasteiger partial charge on any atom is -0.457 e. The highest BCUT2D eigenvalue weighted by Gasteiger charge is 2.20. The van der Waals surface area contributed by atoms with Gasteiger partial charge in [0, 0.05) is 18.8 Å². The van der Waals surface area contributed by atoms with E-state index in [2.05, 4.69) is 29.2 Å². The number of aliphatic hydroxyl groups is 1. The fourth-order valence-electron chi connectivity index (χ4n) is 3.64. The third-order valence-electron chi connectivity index (χ3n) is 5.14. The third-order valence-corrected chi connectivity index (χ3v) is 5.14. The Kier molecular flexibility index (Phi) is 5.58. The molecule has 0 bridgehead atoms. The minimum absolute atomic E-state index is 0.199. The Morgan fingerprint density at radius 3 is 2.29 bits per heavy atom. The van der Waals surface area contributed by atoms with Crippen LogP contribution in [0.3, 0.4) is 0 Å². The van der Waals surface area contributed by atoms with E-state index in [-0.39, 0.29) is 11.9 Å². The first-order valence-electron chi connectivity index (χ1n) is 9.71. The van der Waals surface area contributed by atoms with Gasteiger partial charge in [0.15, 0.2) is 0 Å². The summed E-state index contributed by atoms with van der Waals surface area (Å²) in [6.45, 7) is 1.70. The van der Waals surface area contributed by atoms with Gasteiger partial charge >= 0.3 is 0 Å². The van der Waals surface area contributed by atoms with Crippen LogP contribution in [0.1, 0.15) is 24.0 Å². The predicted octanol–water partition coefficient (Wildman–Crippen LogP) is 5.17. The van der Waals surface area contributed by atoms with E-state index in [0.29, 0.717) is 5.75 Å². The number of aliphatic hydroxyl groups excluding tert-OH is 1. The van der Waals surface area contributed by atoms with Crippen molar-refractivity contribution in [1.82, 2.24) is 0 Å². The molecule has 0 saturated carbocycles. The van der Waals surface area contributed by atoms with E-state index in [9.17, 15) is 9.50 Å². The predicted molar refractivity (Wildman–Crippen MR) is 110 cm³/mol. The first-order chi connectivity index (χ1) is 13.7. The van der Waals surface area contributed by atoms with Gasteiger partial charge in [-0.2, -0.15) is 0 Å². The van der Waals surface area contributed by atoms with Crippen molar-refractivity contribution in [2.45, 2.75) is 25.4 Å². The van der Waals surface area contributed by atoms with E-state index in [1.165, 1.54) is 28.9 Å². The van der Waals surface area contributed by atoms with E-state index in [0.717, 1.165) is 38.1 Å². The van der Waals surface area contributed by atoms with Crippen molar-refractivity contribution in [3.63, 3.8) is 0 Å². The Balaban J connectivity index is 1.62. The molecule has 4 heteroatoms. The van der Waals surface area contributed by atoms with Crippen LogP contribution in [-0.4, -0.2) is 24.3 Å². The number of hydrogen-bond donors (Lipinski definition) is 1. The van der Waals surface area contributed by atoms with Gasteiger partial charge < -0.3 is 14.7 Å². The summed E-state index contributed by atoms with van der Waals surface area (Å²) < 4.78 is 19.1. The largest absolute Gasteiger partial charge is 0.457 e. The summed E-state index contributed by atoms with van der Waals surface area (Å²) in [6.07, 6.45) is 2.18. The number of hydrogen-bond acceptors (Lipinski definition) is 3. The van der Waals surface area contributed by atoms with Crippen LogP contribution < -0.4 is 9.64 Å². The Morgan fingerprint density at radius 2 is 1.57 bits per heavy atom. The molecule has 1 aliphatic rings. The molecular formula is C24H24FNO2. The average Bonchev–Trinajstić information content (AvgIpc) is 2.72. The zero-order valence-corrected chi connectivity index (χ0v) is 15.7. The van der Waals surface area contributed by atoms with Gasteiger partial charge in [-0.3, -0.25) is 0 Å². The Labute approximate surface area is 165 Å². The smallest absolute Gasteiger partial charge is 0.127 e. The van der Waals surface area contributed by atoms with Crippen molar-refractivity contribution in [1.29, 1.82) is 0 Å². The highest BCUT2D eigenvalue weighted by molar-refractivity contribution is 5.58. The number of nitrogens with zero attached hydrogens (tertiary/aromatic N) is 1. The van der Waals surface area contributed by atoms with E-state index in [4.69, 9.17) is 4.74 Å². The molecule has 0 aromatic heterocycles. The molecule has 1 saturated heterocycles. The molecule has 0 atom stereocenters. The number of halogens is 1. The maximum Gasteiger partial charge on any atom is 0.127 e. The van der Waals surface area contributed by atoms with Crippen molar-refractivity contribution in [3.8, 4) is 11.5 Å². The number of benzene rings is 3. The van der Waals surface area contributed by atoms with E-state index >= 15 is 0 Å². The maximum atomic E-state index is 13.1. The molecule has 1 aliphatic heterocycles. The summed E-state index contributed by atoms with van der Waals surface area (Å²) in [4.78, 5) is 2.34. The van der Waals surface area contributed by atoms with Gasteiger partial charge in [0.2, 0.25) is 0 Å². The highest BCUT2D eigenvalue weighted by Crippen LogP contribution is 2.32. The zero-order chi connectivity index (χ0) is 19.3. The Morgan fingerprint density at radius 1 is 0.893 bits per heavy atom. The minimum atomic E-state index is -0.278. The Bertz CT molecular complexity index is 904. The van der Waals surface area contributed by atoms with Gasteiger partial charge in [-0.25, -0.2) is 4.39 Å². The van der Waals surface area contributed by atoms with Crippen LogP contribution in [0.25, 0.3) is 0 Å². The topological polar surface area (TPSA) is 32.7 Å². The van der Waals surface area contributed by atoms with Gasteiger partial charge in [0.1, 0.15) is 17.3 Å². The van der Waals surface area contributed by atoms with Crippen molar-refractivity contribution < 1.29 is 14.2 Å². The number of anilines is 1.